The van der Waals surface area contributed by atoms with Crippen molar-refractivity contribution in [2.75, 3.05) is 5.73 Å². The summed E-state index contributed by atoms with van der Waals surface area (Å²) in [5.74, 6) is 1.91. The average Bonchev–Trinajstić information content (AvgIpc) is 2.80. The van der Waals surface area contributed by atoms with Gasteiger partial charge in [-0.3, -0.25) is 0 Å². The number of fused-ring (bicyclic) bond motifs is 3. The van der Waals surface area contributed by atoms with Gasteiger partial charge < -0.3 is 14.7 Å². The smallest absolute Gasteiger partial charge is 0.340 e. The van der Waals surface area contributed by atoms with Crippen molar-refractivity contribution in [2.45, 2.75) is 33.1 Å². The predicted octanol–water partition coefficient (Wildman–Crippen LogP) is 2.68. The molecule has 5 nitrogen and oxygen atoms in total. The molecule has 1 unspecified atom stereocenters. The summed E-state index contributed by atoms with van der Waals surface area (Å²) < 4.78 is 10.5. The Bertz CT molecular complexity index is 697. The van der Waals surface area contributed by atoms with Crippen molar-refractivity contribution in [3.63, 3.8) is 0 Å². The van der Waals surface area contributed by atoms with E-state index in [-0.39, 0.29) is 11.5 Å². The van der Waals surface area contributed by atoms with Gasteiger partial charge in [0.1, 0.15) is 5.76 Å². The topological polar surface area (TPSA) is 82.3 Å². The lowest BCUT2D eigenvalue weighted by Crippen LogP contribution is -2.14. The van der Waals surface area contributed by atoms with Gasteiger partial charge in [0.25, 0.3) is 0 Å². The zero-order valence-electron chi connectivity index (χ0n) is 11.2. The molecule has 100 valence electrons. The number of nitrogen functional groups attached to an aromatic ring is 1. The van der Waals surface area contributed by atoms with Crippen LogP contribution in [0.4, 0.5) is 5.82 Å². The largest absolute Gasteiger partial charge is 0.428 e. The number of aromatic nitrogens is 1. The summed E-state index contributed by atoms with van der Waals surface area (Å²) in [6.07, 6.45) is 0.819. The van der Waals surface area contributed by atoms with Crippen LogP contribution in [0.1, 0.15) is 43.1 Å². The third kappa shape index (κ3) is 1.69. The van der Waals surface area contributed by atoms with E-state index in [1.807, 2.05) is 6.07 Å². The second kappa shape index (κ2) is 3.98. The average molecular weight is 260 g/mol. The summed E-state index contributed by atoms with van der Waals surface area (Å²) in [5, 5.41) is 3.82. The molecule has 2 heterocycles. The summed E-state index contributed by atoms with van der Waals surface area (Å²) in [6, 6.07) is 1.82. The fraction of sp³-hybridized carbons (Fsp3) is 0.429. The van der Waals surface area contributed by atoms with Crippen LogP contribution in [-0.2, 0) is 0 Å². The van der Waals surface area contributed by atoms with Crippen LogP contribution in [-0.4, -0.2) is 5.16 Å². The Morgan fingerprint density at radius 1 is 1.42 bits per heavy atom. The minimum absolute atomic E-state index is 0.0758. The summed E-state index contributed by atoms with van der Waals surface area (Å²) in [6.45, 7) is 5.96. The van der Waals surface area contributed by atoms with E-state index >= 15 is 0 Å². The van der Waals surface area contributed by atoms with Gasteiger partial charge >= 0.3 is 5.63 Å². The number of rotatable bonds is 2. The Hall–Kier alpha value is -2.04. The third-order valence-electron chi connectivity index (χ3n) is 3.52. The molecule has 1 aliphatic carbocycles. The quantitative estimate of drug-likeness (QED) is 0.897. The zero-order chi connectivity index (χ0) is 13.7. The highest BCUT2D eigenvalue weighted by Crippen LogP contribution is 2.48. The first-order valence-corrected chi connectivity index (χ1v) is 6.39. The van der Waals surface area contributed by atoms with Crippen LogP contribution in [0.5, 0.6) is 0 Å². The molecule has 0 aromatic carbocycles. The van der Waals surface area contributed by atoms with E-state index in [4.69, 9.17) is 14.7 Å². The zero-order valence-corrected chi connectivity index (χ0v) is 11.2. The highest BCUT2D eigenvalue weighted by Gasteiger charge is 2.38. The molecule has 0 bridgehead atoms. The van der Waals surface area contributed by atoms with Crippen LogP contribution >= 0.6 is 0 Å². The molecule has 5 heteroatoms. The predicted molar refractivity (Wildman–Crippen MR) is 70.9 cm³/mol. The molecule has 0 radical (unpaired) electrons. The lowest BCUT2D eigenvalue weighted by Gasteiger charge is -2.13. The molecular weight excluding hydrogens is 244 g/mol. The van der Waals surface area contributed by atoms with Gasteiger partial charge in [0.15, 0.2) is 11.6 Å². The highest BCUT2D eigenvalue weighted by atomic mass is 16.5. The highest BCUT2D eigenvalue weighted by molar-refractivity contribution is 5.77. The van der Waals surface area contributed by atoms with Crippen molar-refractivity contribution in [3.05, 3.63) is 33.4 Å². The monoisotopic (exact) mass is 260 g/mol. The number of hydrogen-bond acceptors (Lipinski definition) is 5. The van der Waals surface area contributed by atoms with Crippen LogP contribution in [0.25, 0.3) is 11.3 Å². The van der Waals surface area contributed by atoms with E-state index in [0.29, 0.717) is 28.8 Å². The maximum atomic E-state index is 12.1. The van der Waals surface area contributed by atoms with Crippen molar-refractivity contribution in [1.82, 2.24) is 5.16 Å². The molecule has 2 N–H and O–H groups in total. The van der Waals surface area contributed by atoms with E-state index in [9.17, 15) is 4.79 Å². The molecule has 0 saturated heterocycles. The first-order valence-electron chi connectivity index (χ1n) is 6.39. The first kappa shape index (κ1) is 12.0. The molecule has 0 fully saturated rings. The second-order valence-corrected chi connectivity index (χ2v) is 5.46. The second-order valence-electron chi connectivity index (χ2n) is 5.46. The van der Waals surface area contributed by atoms with Crippen molar-refractivity contribution in [3.8, 4) is 11.3 Å². The van der Waals surface area contributed by atoms with Crippen molar-refractivity contribution in [2.24, 2.45) is 5.92 Å². The van der Waals surface area contributed by atoms with Crippen LogP contribution in [0.15, 0.2) is 19.8 Å². The lowest BCUT2D eigenvalue weighted by atomic mass is 9.90. The summed E-state index contributed by atoms with van der Waals surface area (Å²) in [7, 11) is 0. The number of nitrogens with two attached hydrogens (primary N) is 1. The van der Waals surface area contributed by atoms with E-state index in [1.165, 1.54) is 0 Å². The van der Waals surface area contributed by atoms with Crippen molar-refractivity contribution < 1.29 is 8.94 Å². The van der Waals surface area contributed by atoms with Gasteiger partial charge in [0.2, 0.25) is 0 Å². The minimum Gasteiger partial charge on any atom is -0.428 e. The van der Waals surface area contributed by atoms with Gasteiger partial charge in [-0.2, -0.15) is 0 Å². The van der Waals surface area contributed by atoms with Gasteiger partial charge in [-0.15, -0.1) is 0 Å². The number of anilines is 1. The van der Waals surface area contributed by atoms with E-state index in [1.54, 1.807) is 6.92 Å². The summed E-state index contributed by atoms with van der Waals surface area (Å²) >= 11 is 0. The molecule has 0 amide bonds. The Balaban J connectivity index is 2.28. The fourth-order valence-corrected chi connectivity index (χ4v) is 2.83. The van der Waals surface area contributed by atoms with E-state index < -0.39 is 0 Å². The normalized spacial score (nSPS) is 16.7. The Morgan fingerprint density at radius 3 is 2.84 bits per heavy atom. The Morgan fingerprint density at radius 2 is 2.16 bits per heavy atom. The minimum atomic E-state index is -0.300. The molecule has 19 heavy (non-hydrogen) atoms. The molecular formula is C14H16N2O3. The van der Waals surface area contributed by atoms with E-state index in [0.717, 1.165) is 17.5 Å². The molecule has 0 saturated carbocycles. The van der Waals surface area contributed by atoms with Crippen LogP contribution in [0.3, 0.4) is 0 Å². The Kier molecular flexibility index (Phi) is 2.52. The van der Waals surface area contributed by atoms with E-state index in [2.05, 4.69) is 19.0 Å². The number of aryl methyl sites for hydroxylation is 1. The van der Waals surface area contributed by atoms with Gasteiger partial charge in [-0.1, -0.05) is 19.0 Å². The van der Waals surface area contributed by atoms with Gasteiger partial charge in [-0.25, -0.2) is 4.79 Å². The maximum absolute atomic E-state index is 12.1. The van der Waals surface area contributed by atoms with Gasteiger partial charge in [-0.05, 0) is 25.3 Å². The lowest BCUT2D eigenvalue weighted by molar-refractivity contribution is 0.433. The van der Waals surface area contributed by atoms with Crippen molar-refractivity contribution >= 4 is 5.82 Å². The number of nitrogens with zero attached hydrogens (tertiary/aromatic N) is 1. The molecule has 2 aromatic rings. The standard InChI is InChI=1S/C14H16N2O3/c1-6(2)4-8-10-9(5-7(3)18-14(10)17)12-11(8)13(15)16-19-12/h5-6,8H,4H2,1-3H3,(H2,15,16). The molecule has 2 aromatic heterocycles. The van der Waals surface area contributed by atoms with Crippen LogP contribution in [0.2, 0.25) is 0 Å². The Labute approximate surface area is 110 Å². The fourth-order valence-electron chi connectivity index (χ4n) is 2.83. The van der Waals surface area contributed by atoms with Crippen LogP contribution < -0.4 is 11.4 Å². The first-order chi connectivity index (χ1) is 8.99. The summed E-state index contributed by atoms with van der Waals surface area (Å²) in [4.78, 5) is 12.1. The van der Waals surface area contributed by atoms with Crippen molar-refractivity contribution in [1.29, 1.82) is 0 Å². The molecule has 1 atom stereocenters. The number of hydrogen-bond donors (Lipinski definition) is 1. The molecule has 1 aliphatic rings. The summed E-state index contributed by atoms with van der Waals surface area (Å²) in [5.41, 5.74) is 7.85. The SMILES string of the molecule is Cc1cc2c(c(=O)o1)C(CC(C)C)c1c(N)noc1-2. The van der Waals surface area contributed by atoms with Crippen LogP contribution in [0, 0.1) is 12.8 Å². The van der Waals surface area contributed by atoms with Gasteiger partial charge in [0, 0.05) is 11.5 Å². The maximum Gasteiger partial charge on any atom is 0.340 e. The molecule has 3 rings (SSSR count). The molecule has 0 spiro atoms. The third-order valence-corrected chi connectivity index (χ3v) is 3.52. The molecule has 0 aliphatic heterocycles. The van der Waals surface area contributed by atoms with Gasteiger partial charge in [0.05, 0.1) is 11.1 Å².